The van der Waals surface area contributed by atoms with Gasteiger partial charge in [0, 0.05) is 20.8 Å². The molecule has 2 amide bonds. The summed E-state index contributed by atoms with van der Waals surface area (Å²) < 4.78 is 9.91. The number of carboxylic acids is 1. The summed E-state index contributed by atoms with van der Waals surface area (Å²) in [5.41, 5.74) is 0. The lowest BCUT2D eigenvalue weighted by atomic mass is 10.3. The van der Waals surface area contributed by atoms with Crippen molar-refractivity contribution in [2.45, 2.75) is 25.9 Å². The first-order chi connectivity index (χ1) is 8.43. The van der Waals surface area contributed by atoms with Gasteiger partial charge in [0.05, 0.1) is 19.3 Å². The highest BCUT2D eigenvalue weighted by Crippen LogP contribution is 2.01. The van der Waals surface area contributed by atoms with Crippen molar-refractivity contribution in [3.05, 3.63) is 0 Å². The molecule has 0 saturated carbocycles. The van der Waals surface area contributed by atoms with Gasteiger partial charge in [0.15, 0.2) is 0 Å². The molecule has 2 unspecified atom stereocenters. The van der Waals surface area contributed by atoms with Crippen LogP contribution in [-0.2, 0) is 14.3 Å². The van der Waals surface area contributed by atoms with Gasteiger partial charge in [0.1, 0.15) is 6.04 Å². The van der Waals surface area contributed by atoms with E-state index in [1.54, 1.807) is 7.11 Å². The van der Waals surface area contributed by atoms with E-state index in [-0.39, 0.29) is 6.04 Å². The van der Waals surface area contributed by atoms with E-state index in [0.29, 0.717) is 19.8 Å². The Labute approximate surface area is 107 Å². The van der Waals surface area contributed by atoms with Crippen molar-refractivity contribution in [2.75, 3.05) is 34.0 Å². The minimum Gasteiger partial charge on any atom is -0.480 e. The van der Waals surface area contributed by atoms with Crippen LogP contribution in [0.2, 0.25) is 0 Å². The van der Waals surface area contributed by atoms with Crippen molar-refractivity contribution in [1.29, 1.82) is 0 Å². The molecule has 2 N–H and O–H groups in total. The Morgan fingerprint density at radius 1 is 1.28 bits per heavy atom. The van der Waals surface area contributed by atoms with E-state index < -0.39 is 18.0 Å². The van der Waals surface area contributed by atoms with Crippen molar-refractivity contribution in [3.63, 3.8) is 0 Å². The Morgan fingerprint density at radius 3 is 2.33 bits per heavy atom. The molecule has 7 nitrogen and oxygen atoms in total. The van der Waals surface area contributed by atoms with Crippen LogP contribution >= 0.6 is 0 Å². The van der Waals surface area contributed by atoms with Crippen molar-refractivity contribution in [2.24, 2.45) is 0 Å². The standard InChI is InChI=1S/C11H22N2O5/c1-8(7-18-4)13(5-6-17-3)11(16)12-9(2)10(14)15/h8-9H,5-7H2,1-4H3,(H,12,16)(H,14,15). The molecule has 18 heavy (non-hydrogen) atoms. The van der Waals surface area contributed by atoms with E-state index in [9.17, 15) is 9.59 Å². The Balaban J connectivity index is 4.52. The van der Waals surface area contributed by atoms with E-state index >= 15 is 0 Å². The zero-order valence-electron chi connectivity index (χ0n) is 11.3. The first-order valence-electron chi connectivity index (χ1n) is 5.71. The number of amides is 2. The number of carbonyl (C=O) groups is 2. The van der Waals surface area contributed by atoms with Gasteiger partial charge in [0.25, 0.3) is 0 Å². The zero-order chi connectivity index (χ0) is 14.1. The second kappa shape index (κ2) is 8.71. The molecule has 0 aliphatic rings. The molecule has 0 aromatic carbocycles. The smallest absolute Gasteiger partial charge is 0.325 e. The van der Waals surface area contributed by atoms with Crippen LogP contribution in [0.4, 0.5) is 4.79 Å². The summed E-state index contributed by atoms with van der Waals surface area (Å²) in [5.74, 6) is -1.07. The number of ether oxygens (including phenoxy) is 2. The average Bonchev–Trinajstić information content (AvgIpc) is 2.29. The number of nitrogens with one attached hydrogen (secondary N) is 1. The zero-order valence-corrected chi connectivity index (χ0v) is 11.3. The first-order valence-corrected chi connectivity index (χ1v) is 5.71. The second-order valence-electron chi connectivity index (χ2n) is 4.00. The molecule has 106 valence electrons. The number of methoxy groups -OCH3 is 2. The SMILES string of the molecule is COCCN(C(=O)NC(C)C(=O)O)C(C)COC. The molecule has 0 aliphatic carbocycles. The lowest BCUT2D eigenvalue weighted by Crippen LogP contribution is -2.51. The van der Waals surface area contributed by atoms with Crippen LogP contribution in [0.15, 0.2) is 0 Å². The highest BCUT2D eigenvalue weighted by molar-refractivity contribution is 5.82. The Hall–Kier alpha value is -1.34. The number of hydrogen-bond acceptors (Lipinski definition) is 4. The first kappa shape index (κ1) is 16.7. The van der Waals surface area contributed by atoms with Gasteiger partial charge in [0.2, 0.25) is 0 Å². The number of rotatable bonds is 8. The predicted molar refractivity (Wildman–Crippen MR) is 65.5 cm³/mol. The van der Waals surface area contributed by atoms with Crippen molar-refractivity contribution in [1.82, 2.24) is 10.2 Å². The van der Waals surface area contributed by atoms with Crippen molar-refractivity contribution < 1.29 is 24.2 Å². The van der Waals surface area contributed by atoms with E-state index in [2.05, 4.69) is 5.32 Å². The molecule has 0 rings (SSSR count). The number of aliphatic carboxylic acids is 1. The van der Waals surface area contributed by atoms with E-state index in [0.717, 1.165) is 0 Å². The molecule has 0 heterocycles. The van der Waals surface area contributed by atoms with Gasteiger partial charge in [-0.2, -0.15) is 0 Å². The quantitative estimate of drug-likeness (QED) is 0.650. The van der Waals surface area contributed by atoms with Crippen LogP contribution in [-0.4, -0.2) is 68.1 Å². The molecule has 0 spiro atoms. The lowest BCUT2D eigenvalue weighted by Gasteiger charge is -2.29. The van der Waals surface area contributed by atoms with Gasteiger partial charge >= 0.3 is 12.0 Å². The fourth-order valence-corrected chi connectivity index (χ4v) is 1.37. The number of carboxylic acid groups (broad SMARTS) is 1. The molecule has 0 fully saturated rings. The number of carbonyl (C=O) groups excluding carboxylic acids is 1. The van der Waals surface area contributed by atoms with Crippen LogP contribution in [0, 0.1) is 0 Å². The summed E-state index contributed by atoms with van der Waals surface area (Å²) in [6.07, 6.45) is 0. The molecule has 0 bridgehead atoms. The number of urea groups is 1. The van der Waals surface area contributed by atoms with E-state index in [1.165, 1.54) is 18.9 Å². The summed E-state index contributed by atoms with van der Waals surface area (Å²) >= 11 is 0. The molecule has 7 heteroatoms. The lowest BCUT2D eigenvalue weighted by molar-refractivity contribution is -0.138. The third-order valence-electron chi connectivity index (χ3n) is 2.45. The van der Waals surface area contributed by atoms with Gasteiger partial charge in [-0.15, -0.1) is 0 Å². The van der Waals surface area contributed by atoms with Gasteiger partial charge in [-0.3, -0.25) is 4.79 Å². The van der Waals surface area contributed by atoms with Crippen LogP contribution in [0.5, 0.6) is 0 Å². The normalized spacial score (nSPS) is 13.8. The van der Waals surface area contributed by atoms with Crippen LogP contribution in [0.1, 0.15) is 13.8 Å². The Morgan fingerprint density at radius 2 is 1.89 bits per heavy atom. The summed E-state index contributed by atoms with van der Waals surface area (Å²) in [5, 5.41) is 11.2. The Bertz CT molecular complexity index is 272. The third kappa shape index (κ3) is 5.83. The minimum absolute atomic E-state index is 0.161. The van der Waals surface area contributed by atoms with Crippen LogP contribution in [0.3, 0.4) is 0 Å². The molecule has 2 atom stereocenters. The molecular formula is C11H22N2O5. The maximum atomic E-state index is 11.9. The molecular weight excluding hydrogens is 240 g/mol. The van der Waals surface area contributed by atoms with Gasteiger partial charge in [-0.25, -0.2) is 4.79 Å². The summed E-state index contributed by atoms with van der Waals surface area (Å²) in [6, 6.07) is -1.53. The summed E-state index contributed by atoms with van der Waals surface area (Å²) in [7, 11) is 3.08. The molecule has 0 radical (unpaired) electrons. The fraction of sp³-hybridized carbons (Fsp3) is 0.818. The maximum Gasteiger partial charge on any atom is 0.325 e. The highest BCUT2D eigenvalue weighted by Gasteiger charge is 2.23. The van der Waals surface area contributed by atoms with E-state index in [4.69, 9.17) is 14.6 Å². The van der Waals surface area contributed by atoms with Crippen LogP contribution < -0.4 is 5.32 Å². The van der Waals surface area contributed by atoms with Crippen molar-refractivity contribution in [3.8, 4) is 0 Å². The topological polar surface area (TPSA) is 88.1 Å². The average molecular weight is 262 g/mol. The Kier molecular flexibility index (Phi) is 8.06. The van der Waals surface area contributed by atoms with Crippen molar-refractivity contribution >= 4 is 12.0 Å². The summed E-state index contributed by atoms with van der Waals surface area (Å²) in [4.78, 5) is 24.1. The molecule has 0 aromatic rings. The van der Waals surface area contributed by atoms with Gasteiger partial charge in [-0.05, 0) is 13.8 Å². The van der Waals surface area contributed by atoms with E-state index in [1.807, 2.05) is 6.92 Å². The second-order valence-corrected chi connectivity index (χ2v) is 4.00. The third-order valence-corrected chi connectivity index (χ3v) is 2.45. The fourth-order valence-electron chi connectivity index (χ4n) is 1.37. The molecule has 0 aliphatic heterocycles. The molecule has 0 aromatic heterocycles. The monoisotopic (exact) mass is 262 g/mol. The largest absolute Gasteiger partial charge is 0.480 e. The number of nitrogens with zero attached hydrogens (tertiary/aromatic N) is 1. The molecule has 0 saturated heterocycles. The van der Waals surface area contributed by atoms with Crippen LogP contribution in [0.25, 0.3) is 0 Å². The minimum atomic E-state index is -1.07. The summed E-state index contributed by atoms with van der Waals surface area (Å²) in [6.45, 7) is 4.36. The number of hydrogen-bond donors (Lipinski definition) is 2. The predicted octanol–water partition coefficient (Wildman–Crippen LogP) is 0.152. The van der Waals surface area contributed by atoms with Gasteiger partial charge in [-0.1, -0.05) is 0 Å². The highest BCUT2D eigenvalue weighted by atomic mass is 16.5. The maximum absolute atomic E-state index is 11.9. The van der Waals surface area contributed by atoms with Gasteiger partial charge < -0.3 is 24.8 Å².